The third kappa shape index (κ3) is 4.09. The van der Waals surface area contributed by atoms with Gasteiger partial charge in [-0.2, -0.15) is 0 Å². The van der Waals surface area contributed by atoms with Crippen LogP contribution in [0.1, 0.15) is 13.3 Å². The normalized spacial score (nSPS) is 23.9. The van der Waals surface area contributed by atoms with Gasteiger partial charge in [0, 0.05) is 13.1 Å². The summed E-state index contributed by atoms with van der Waals surface area (Å²) in [7, 11) is -3.37. The summed E-state index contributed by atoms with van der Waals surface area (Å²) in [6, 6.07) is 6.99. The Morgan fingerprint density at radius 2 is 2.14 bits per heavy atom. The first-order chi connectivity index (χ1) is 9.90. The molecule has 1 aromatic rings. The minimum Gasteiger partial charge on any atom is -0.490 e. The van der Waals surface area contributed by atoms with Gasteiger partial charge in [-0.1, -0.05) is 19.1 Å². The molecule has 1 fully saturated rings. The van der Waals surface area contributed by atoms with Gasteiger partial charge in [0.05, 0.1) is 17.5 Å². The van der Waals surface area contributed by atoms with Crippen LogP contribution in [0.15, 0.2) is 24.3 Å². The lowest BCUT2D eigenvalue weighted by Gasteiger charge is -2.33. The summed E-state index contributed by atoms with van der Waals surface area (Å²) < 4.78 is 31.4. The number of nitrogen functional groups attached to an aromatic ring is 1. The molecule has 0 aliphatic carbocycles. The highest BCUT2D eigenvalue weighted by atomic mass is 32.2. The SMILES string of the molecule is CC1CN(S(=O)(=O)CCOc2ccccc2N)CCC1O. The number of ether oxygens (including phenoxy) is 1. The van der Waals surface area contributed by atoms with Gasteiger partial charge in [-0.15, -0.1) is 0 Å². The Morgan fingerprint density at radius 3 is 2.81 bits per heavy atom. The molecule has 0 bridgehead atoms. The molecule has 21 heavy (non-hydrogen) atoms. The second-order valence-corrected chi connectivity index (χ2v) is 7.48. The predicted molar refractivity (Wildman–Crippen MR) is 81.5 cm³/mol. The van der Waals surface area contributed by atoms with Crippen LogP contribution in [0.5, 0.6) is 5.75 Å². The fraction of sp³-hybridized carbons (Fsp3) is 0.571. The molecule has 1 aromatic carbocycles. The molecule has 0 spiro atoms. The molecule has 0 saturated carbocycles. The van der Waals surface area contributed by atoms with Crippen LogP contribution in [0.25, 0.3) is 0 Å². The summed E-state index contributed by atoms with van der Waals surface area (Å²) in [6.07, 6.45) is 0.0594. The molecular weight excluding hydrogens is 292 g/mol. The predicted octanol–water partition coefficient (Wildman–Crippen LogP) is 0.680. The van der Waals surface area contributed by atoms with Crippen molar-refractivity contribution in [2.75, 3.05) is 31.2 Å². The molecule has 1 saturated heterocycles. The number of sulfonamides is 1. The minimum absolute atomic E-state index is 0.0424. The Hall–Kier alpha value is -1.31. The average molecular weight is 314 g/mol. The van der Waals surface area contributed by atoms with E-state index < -0.39 is 16.1 Å². The van der Waals surface area contributed by atoms with Gasteiger partial charge in [-0.25, -0.2) is 12.7 Å². The lowest BCUT2D eigenvalue weighted by atomic mass is 9.99. The molecule has 1 heterocycles. The molecule has 2 rings (SSSR count). The minimum atomic E-state index is -3.37. The van der Waals surface area contributed by atoms with Gasteiger partial charge in [-0.05, 0) is 24.5 Å². The van der Waals surface area contributed by atoms with Gasteiger partial charge in [0.1, 0.15) is 12.4 Å². The summed E-state index contributed by atoms with van der Waals surface area (Å²) >= 11 is 0. The van der Waals surface area contributed by atoms with Crippen molar-refractivity contribution in [3.8, 4) is 5.75 Å². The molecule has 2 unspecified atom stereocenters. The van der Waals surface area contributed by atoms with E-state index in [0.29, 0.717) is 30.9 Å². The van der Waals surface area contributed by atoms with Gasteiger partial charge < -0.3 is 15.6 Å². The number of nitrogens with two attached hydrogens (primary N) is 1. The van der Waals surface area contributed by atoms with Gasteiger partial charge >= 0.3 is 0 Å². The van der Waals surface area contributed by atoms with E-state index in [2.05, 4.69) is 0 Å². The fourth-order valence-electron chi connectivity index (χ4n) is 2.35. The number of aliphatic hydroxyl groups is 1. The topological polar surface area (TPSA) is 92.9 Å². The molecule has 2 atom stereocenters. The van der Waals surface area contributed by atoms with Crippen LogP contribution in [0.3, 0.4) is 0 Å². The van der Waals surface area contributed by atoms with Crippen LogP contribution < -0.4 is 10.5 Å². The maximum absolute atomic E-state index is 12.2. The van der Waals surface area contributed by atoms with Crippen LogP contribution in [-0.2, 0) is 10.0 Å². The highest BCUT2D eigenvalue weighted by molar-refractivity contribution is 7.89. The summed E-state index contributed by atoms with van der Waals surface area (Å²) in [5.74, 6) is 0.360. The van der Waals surface area contributed by atoms with Crippen molar-refractivity contribution in [2.24, 2.45) is 5.92 Å². The third-order valence-electron chi connectivity index (χ3n) is 3.73. The molecule has 7 heteroatoms. The molecule has 0 aromatic heterocycles. The number of aliphatic hydroxyl groups excluding tert-OH is 1. The third-order valence-corrected chi connectivity index (χ3v) is 5.53. The molecule has 1 aliphatic rings. The van der Waals surface area contributed by atoms with Gasteiger partial charge in [0.15, 0.2) is 0 Å². The number of piperidine rings is 1. The molecule has 3 N–H and O–H groups in total. The van der Waals surface area contributed by atoms with E-state index >= 15 is 0 Å². The Bertz CT molecular complexity index is 576. The summed E-state index contributed by atoms with van der Waals surface area (Å²) in [4.78, 5) is 0. The van der Waals surface area contributed by atoms with E-state index in [4.69, 9.17) is 10.5 Å². The van der Waals surface area contributed by atoms with Crippen LogP contribution >= 0.6 is 0 Å². The first-order valence-electron chi connectivity index (χ1n) is 7.03. The highest BCUT2D eigenvalue weighted by Gasteiger charge is 2.31. The summed E-state index contributed by atoms with van der Waals surface area (Å²) in [6.45, 7) is 2.63. The standard InChI is InChI=1S/C14H22N2O4S/c1-11-10-16(7-6-13(11)17)21(18,19)9-8-20-14-5-3-2-4-12(14)15/h2-5,11,13,17H,6-10,15H2,1H3. The van der Waals surface area contributed by atoms with Crippen molar-refractivity contribution < 1.29 is 18.3 Å². The molecule has 118 valence electrons. The largest absolute Gasteiger partial charge is 0.490 e. The monoisotopic (exact) mass is 314 g/mol. The molecule has 6 nitrogen and oxygen atoms in total. The van der Waals surface area contributed by atoms with Crippen molar-refractivity contribution in [1.29, 1.82) is 0 Å². The zero-order valence-corrected chi connectivity index (χ0v) is 12.9. The van der Waals surface area contributed by atoms with Crippen LogP contribution in [-0.4, -0.2) is 49.4 Å². The quantitative estimate of drug-likeness (QED) is 0.780. The van der Waals surface area contributed by atoms with Crippen LogP contribution in [0.4, 0.5) is 5.69 Å². The zero-order chi connectivity index (χ0) is 15.5. The molecule has 0 amide bonds. The smallest absolute Gasteiger partial charge is 0.217 e. The molecular formula is C14H22N2O4S. The van der Waals surface area contributed by atoms with Crippen molar-refractivity contribution in [1.82, 2.24) is 4.31 Å². The van der Waals surface area contributed by atoms with Crippen molar-refractivity contribution >= 4 is 15.7 Å². The lowest BCUT2D eigenvalue weighted by Crippen LogP contribution is -2.46. The van der Waals surface area contributed by atoms with Gasteiger partial charge in [0.25, 0.3) is 0 Å². The van der Waals surface area contributed by atoms with Crippen molar-refractivity contribution in [3.05, 3.63) is 24.3 Å². The Balaban J connectivity index is 1.89. The van der Waals surface area contributed by atoms with E-state index in [-0.39, 0.29) is 18.3 Å². The lowest BCUT2D eigenvalue weighted by molar-refractivity contribution is 0.0628. The number of para-hydroxylation sites is 2. The first kappa shape index (κ1) is 16.1. The Kier molecular flexibility index (Phi) is 5.08. The number of nitrogens with zero attached hydrogens (tertiary/aromatic N) is 1. The first-order valence-corrected chi connectivity index (χ1v) is 8.64. The zero-order valence-electron chi connectivity index (χ0n) is 12.1. The number of anilines is 1. The molecule has 1 aliphatic heterocycles. The van der Waals surface area contributed by atoms with Crippen molar-refractivity contribution in [3.63, 3.8) is 0 Å². The van der Waals surface area contributed by atoms with E-state index in [0.717, 1.165) is 0 Å². The Morgan fingerprint density at radius 1 is 1.43 bits per heavy atom. The van der Waals surface area contributed by atoms with E-state index in [1.54, 1.807) is 24.3 Å². The van der Waals surface area contributed by atoms with E-state index in [1.165, 1.54) is 4.31 Å². The second-order valence-electron chi connectivity index (χ2n) is 5.39. The average Bonchev–Trinajstić information content (AvgIpc) is 2.44. The number of hydrogen-bond donors (Lipinski definition) is 2. The number of benzene rings is 1. The maximum atomic E-state index is 12.2. The van der Waals surface area contributed by atoms with Gasteiger partial charge in [-0.3, -0.25) is 0 Å². The highest BCUT2D eigenvalue weighted by Crippen LogP contribution is 2.21. The Labute approximate surface area is 125 Å². The summed E-state index contributed by atoms with van der Waals surface area (Å²) in [5.41, 5.74) is 6.22. The fourth-order valence-corrected chi connectivity index (χ4v) is 3.74. The van der Waals surface area contributed by atoms with Crippen LogP contribution in [0, 0.1) is 5.92 Å². The molecule has 0 radical (unpaired) electrons. The van der Waals surface area contributed by atoms with Gasteiger partial charge in [0.2, 0.25) is 10.0 Å². The number of rotatable bonds is 5. The van der Waals surface area contributed by atoms with Crippen LogP contribution in [0.2, 0.25) is 0 Å². The van der Waals surface area contributed by atoms with E-state index in [1.807, 2.05) is 6.92 Å². The summed E-state index contributed by atoms with van der Waals surface area (Å²) in [5, 5.41) is 9.66. The van der Waals surface area contributed by atoms with E-state index in [9.17, 15) is 13.5 Å². The second kappa shape index (κ2) is 6.64. The van der Waals surface area contributed by atoms with Crippen molar-refractivity contribution in [2.45, 2.75) is 19.4 Å². The number of hydrogen-bond acceptors (Lipinski definition) is 5. The maximum Gasteiger partial charge on any atom is 0.217 e.